The van der Waals surface area contributed by atoms with Gasteiger partial charge in [0.25, 0.3) is 0 Å². The van der Waals surface area contributed by atoms with Crippen molar-refractivity contribution >= 4 is 11.6 Å². The zero-order valence-electron chi connectivity index (χ0n) is 8.47. The maximum Gasteiger partial charge on any atom is 0.234 e. The summed E-state index contributed by atoms with van der Waals surface area (Å²) in [6.45, 7) is 0. The van der Waals surface area contributed by atoms with E-state index in [-0.39, 0.29) is 0 Å². The van der Waals surface area contributed by atoms with Crippen LogP contribution in [0.5, 0.6) is 0 Å². The van der Waals surface area contributed by atoms with Crippen molar-refractivity contribution in [1.82, 2.24) is 19.5 Å². The monoisotopic (exact) mass is 232 g/mol. The molecule has 5 heteroatoms. The molecule has 0 atom stereocenters. The first-order chi connectivity index (χ1) is 7.90. The molecule has 16 heavy (non-hydrogen) atoms. The molecule has 0 bridgehead atoms. The zero-order chi connectivity index (χ0) is 11.2. The topological polar surface area (TPSA) is 43.6 Å². The van der Waals surface area contributed by atoms with Gasteiger partial charge in [-0.3, -0.25) is 4.57 Å². The SMILES string of the molecule is ClCCC#Cc1cnc(-n2ccnc2)nc1. The van der Waals surface area contributed by atoms with Gasteiger partial charge in [0, 0.05) is 37.1 Å². The van der Waals surface area contributed by atoms with Crippen LogP contribution in [-0.4, -0.2) is 25.4 Å². The Bertz CT molecular complexity index is 493. The van der Waals surface area contributed by atoms with E-state index in [4.69, 9.17) is 11.6 Å². The fourth-order valence-corrected chi connectivity index (χ4v) is 1.20. The predicted octanol–water partition coefficient (Wildman–Crippen LogP) is 1.64. The predicted molar refractivity (Wildman–Crippen MR) is 61.4 cm³/mol. The number of hydrogen-bond donors (Lipinski definition) is 0. The van der Waals surface area contributed by atoms with Crippen molar-refractivity contribution in [3.05, 3.63) is 36.7 Å². The Morgan fingerprint density at radius 3 is 2.75 bits per heavy atom. The molecule has 0 aromatic carbocycles. The van der Waals surface area contributed by atoms with Crippen LogP contribution in [0.3, 0.4) is 0 Å². The molecular formula is C11H9ClN4. The van der Waals surface area contributed by atoms with Crippen LogP contribution in [0.4, 0.5) is 0 Å². The highest BCUT2D eigenvalue weighted by molar-refractivity contribution is 6.18. The highest BCUT2D eigenvalue weighted by Gasteiger charge is 1.97. The van der Waals surface area contributed by atoms with E-state index in [0.29, 0.717) is 18.2 Å². The van der Waals surface area contributed by atoms with E-state index in [1.807, 2.05) is 0 Å². The van der Waals surface area contributed by atoms with Crippen molar-refractivity contribution in [3.63, 3.8) is 0 Å². The van der Waals surface area contributed by atoms with Crippen LogP contribution in [0, 0.1) is 11.8 Å². The molecule has 2 aromatic heterocycles. The van der Waals surface area contributed by atoms with Gasteiger partial charge in [-0.2, -0.15) is 0 Å². The first kappa shape index (κ1) is 10.7. The summed E-state index contributed by atoms with van der Waals surface area (Å²) in [6, 6.07) is 0. The Hall–Kier alpha value is -1.86. The van der Waals surface area contributed by atoms with Gasteiger partial charge in [-0.05, 0) is 0 Å². The van der Waals surface area contributed by atoms with E-state index < -0.39 is 0 Å². The molecule has 0 spiro atoms. The van der Waals surface area contributed by atoms with Crippen LogP contribution in [-0.2, 0) is 0 Å². The number of hydrogen-bond acceptors (Lipinski definition) is 3. The lowest BCUT2D eigenvalue weighted by Gasteiger charge is -1.98. The number of alkyl halides is 1. The number of nitrogens with zero attached hydrogens (tertiary/aromatic N) is 4. The van der Waals surface area contributed by atoms with Gasteiger partial charge in [0.2, 0.25) is 5.95 Å². The summed E-state index contributed by atoms with van der Waals surface area (Å²) in [5, 5.41) is 0. The molecule has 0 N–H and O–H groups in total. The Morgan fingerprint density at radius 1 is 1.31 bits per heavy atom. The fourth-order valence-electron chi connectivity index (χ4n) is 1.11. The number of rotatable bonds is 2. The second-order valence-corrected chi connectivity index (χ2v) is 3.36. The molecule has 0 aliphatic rings. The smallest absolute Gasteiger partial charge is 0.234 e. The highest BCUT2D eigenvalue weighted by atomic mass is 35.5. The molecule has 4 nitrogen and oxygen atoms in total. The van der Waals surface area contributed by atoms with Crippen LogP contribution in [0.15, 0.2) is 31.1 Å². The van der Waals surface area contributed by atoms with Crippen LogP contribution in [0.2, 0.25) is 0 Å². The van der Waals surface area contributed by atoms with Gasteiger partial charge in [-0.25, -0.2) is 15.0 Å². The molecule has 80 valence electrons. The quantitative estimate of drug-likeness (QED) is 0.584. The summed E-state index contributed by atoms with van der Waals surface area (Å²) in [6.07, 6.45) is 9.15. The first-order valence-corrected chi connectivity index (χ1v) is 5.29. The third-order valence-electron chi connectivity index (χ3n) is 1.83. The number of aromatic nitrogens is 4. The van der Waals surface area contributed by atoms with E-state index in [2.05, 4.69) is 26.8 Å². The Morgan fingerprint density at radius 2 is 2.12 bits per heavy atom. The largest absolute Gasteiger partial charge is 0.274 e. The lowest BCUT2D eigenvalue weighted by Crippen LogP contribution is -1.97. The third-order valence-corrected chi connectivity index (χ3v) is 2.01. The van der Waals surface area contributed by atoms with Crippen molar-refractivity contribution in [3.8, 4) is 17.8 Å². The lowest BCUT2D eigenvalue weighted by molar-refractivity contribution is 0.923. The van der Waals surface area contributed by atoms with Gasteiger partial charge in [0.05, 0.1) is 5.56 Å². The number of imidazole rings is 1. The van der Waals surface area contributed by atoms with Gasteiger partial charge < -0.3 is 0 Å². The molecule has 0 fully saturated rings. The van der Waals surface area contributed by atoms with Crippen LogP contribution < -0.4 is 0 Å². The van der Waals surface area contributed by atoms with E-state index in [0.717, 1.165) is 5.56 Å². The minimum Gasteiger partial charge on any atom is -0.274 e. The molecule has 0 saturated heterocycles. The molecule has 2 heterocycles. The fraction of sp³-hybridized carbons (Fsp3) is 0.182. The molecule has 0 radical (unpaired) electrons. The maximum atomic E-state index is 5.52. The lowest BCUT2D eigenvalue weighted by atomic mass is 10.3. The second kappa shape index (κ2) is 5.29. The van der Waals surface area contributed by atoms with E-state index in [1.54, 1.807) is 35.7 Å². The summed E-state index contributed by atoms with van der Waals surface area (Å²) in [7, 11) is 0. The molecular weight excluding hydrogens is 224 g/mol. The zero-order valence-corrected chi connectivity index (χ0v) is 9.22. The third kappa shape index (κ3) is 2.59. The van der Waals surface area contributed by atoms with Crippen LogP contribution in [0.25, 0.3) is 5.95 Å². The molecule has 0 saturated carbocycles. The molecule has 0 amide bonds. The maximum absolute atomic E-state index is 5.52. The highest BCUT2D eigenvalue weighted by Crippen LogP contribution is 2.00. The Kier molecular flexibility index (Phi) is 3.52. The van der Waals surface area contributed by atoms with Gasteiger partial charge in [-0.1, -0.05) is 11.8 Å². The standard InChI is InChI=1S/C11H9ClN4/c12-4-2-1-3-10-7-14-11(15-8-10)16-6-5-13-9-16/h5-9H,2,4H2. The first-order valence-electron chi connectivity index (χ1n) is 4.75. The normalized spacial score (nSPS) is 9.56. The minimum atomic E-state index is 0.543. The van der Waals surface area contributed by atoms with Crippen LogP contribution >= 0.6 is 11.6 Å². The number of halogens is 1. The van der Waals surface area contributed by atoms with Crippen LogP contribution in [0.1, 0.15) is 12.0 Å². The average molecular weight is 233 g/mol. The summed E-state index contributed by atoms with van der Waals surface area (Å²) >= 11 is 5.52. The van der Waals surface area contributed by atoms with E-state index in [9.17, 15) is 0 Å². The van der Waals surface area contributed by atoms with Gasteiger partial charge in [0.1, 0.15) is 6.33 Å². The molecule has 2 aromatic rings. The Balaban J connectivity index is 2.15. The molecule has 0 aliphatic heterocycles. The van der Waals surface area contributed by atoms with Gasteiger partial charge >= 0.3 is 0 Å². The average Bonchev–Trinajstić information content (AvgIpc) is 2.84. The van der Waals surface area contributed by atoms with Crippen molar-refractivity contribution < 1.29 is 0 Å². The summed E-state index contributed by atoms with van der Waals surface area (Å²) in [5.74, 6) is 6.98. The van der Waals surface area contributed by atoms with Crippen molar-refractivity contribution in [2.45, 2.75) is 6.42 Å². The van der Waals surface area contributed by atoms with Crippen molar-refractivity contribution in [2.75, 3.05) is 5.88 Å². The van der Waals surface area contributed by atoms with Crippen molar-refractivity contribution in [2.24, 2.45) is 0 Å². The Labute approximate surface area is 98.3 Å². The van der Waals surface area contributed by atoms with E-state index >= 15 is 0 Å². The van der Waals surface area contributed by atoms with Gasteiger partial charge in [0.15, 0.2) is 0 Å². The van der Waals surface area contributed by atoms with Crippen molar-refractivity contribution in [1.29, 1.82) is 0 Å². The second-order valence-electron chi connectivity index (χ2n) is 2.98. The molecule has 0 aliphatic carbocycles. The molecule has 2 rings (SSSR count). The summed E-state index contributed by atoms with van der Waals surface area (Å²) < 4.78 is 1.73. The minimum absolute atomic E-state index is 0.543. The summed E-state index contributed by atoms with van der Waals surface area (Å²) in [5.41, 5.74) is 0.786. The summed E-state index contributed by atoms with van der Waals surface area (Å²) in [4.78, 5) is 12.3. The molecule has 0 unspecified atom stereocenters. The van der Waals surface area contributed by atoms with E-state index in [1.165, 1.54) is 0 Å². The van der Waals surface area contributed by atoms with Gasteiger partial charge in [-0.15, -0.1) is 11.6 Å².